The Morgan fingerprint density at radius 1 is 1.47 bits per heavy atom. The van der Waals surface area contributed by atoms with Crippen molar-refractivity contribution < 1.29 is 18.7 Å². The van der Waals surface area contributed by atoms with Crippen LogP contribution >= 0.6 is 35.0 Å². The van der Waals surface area contributed by atoms with Gasteiger partial charge < -0.3 is 4.74 Å². The molecule has 1 atom stereocenters. The van der Waals surface area contributed by atoms with Gasteiger partial charge in [0, 0.05) is 4.90 Å². The molecule has 0 radical (unpaired) electrons. The third-order valence-electron chi connectivity index (χ3n) is 2.34. The van der Waals surface area contributed by atoms with E-state index in [9.17, 15) is 14.0 Å². The Labute approximate surface area is 124 Å². The molecule has 0 spiro atoms. The molecule has 0 amide bonds. The number of rotatable bonds is 5. The van der Waals surface area contributed by atoms with Crippen molar-refractivity contribution in [2.24, 2.45) is 0 Å². The molecule has 1 aromatic carbocycles. The second-order valence-corrected chi connectivity index (χ2v) is 5.57. The number of carbonyl (C=O) groups excluding carboxylic acids is 2. The van der Waals surface area contributed by atoms with E-state index in [-0.39, 0.29) is 10.6 Å². The van der Waals surface area contributed by atoms with Crippen LogP contribution in [0.2, 0.25) is 5.02 Å². The lowest BCUT2D eigenvalue weighted by molar-refractivity contribution is -0.140. The monoisotopic (exact) mass is 324 g/mol. The minimum atomic E-state index is -0.915. The number of esters is 1. The summed E-state index contributed by atoms with van der Waals surface area (Å²) in [5.74, 6) is -1.20. The maximum absolute atomic E-state index is 13.4. The van der Waals surface area contributed by atoms with Gasteiger partial charge in [0.25, 0.3) is 5.24 Å². The smallest absolute Gasteiger partial charge is 0.319 e. The molecule has 1 rings (SSSR count). The fourth-order valence-electron chi connectivity index (χ4n) is 1.35. The topological polar surface area (TPSA) is 43.4 Å². The molecule has 0 saturated carbocycles. The van der Waals surface area contributed by atoms with Crippen LogP contribution in [-0.2, 0) is 9.53 Å². The Bertz CT molecular complexity index is 508. The van der Waals surface area contributed by atoms with Crippen LogP contribution in [0.4, 0.5) is 4.39 Å². The highest BCUT2D eigenvalue weighted by Gasteiger charge is 2.21. The van der Waals surface area contributed by atoms with E-state index >= 15 is 0 Å². The van der Waals surface area contributed by atoms with Crippen LogP contribution in [0.25, 0.3) is 0 Å². The molecule has 1 aromatic rings. The summed E-state index contributed by atoms with van der Waals surface area (Å²) in [7, 11) is 1.28. The van der Waals surface area contributed by atoms with Gasteiger partial charge in [-0.15, -0.1) is 11.8 Å². The number of benzene rings is 1. The molecule has 3 nitrogen and oxygen atoms in total. The predicted octanol–water partition coefficient (Wildman–Crippen LogP) is 3.90. The highest BCUT2D eigenvalue weighted by Crippen LogP contribution is 2.34. The zero-order valence-corrected chi connectivity index (χ0v) is 12.5. The Hall–Kier alpha value is -0.780. The van der Waals surface area contributed by atoms with Crippen molar-refractivity contribution in [1.82, 2.24) is 0 Å². The first kappa shape index (κ1) is 16.3. The van der Waals surface area contributed by atoms with Crippen LogP contribution in [0, 0.1) is 5.82 Å². The van der Waals surface area contributed by atoms with Gasteiger partial charge in [-0.2, -0.15) is 0 Å². The highest BCUT2D eigenvalue weighted by atomic mass is 35.5. The Balaban J connectivity index is 3.10. The summed E-state index contributed by atoms with van der Waals surface area (Å²) in [4.78, 5) is 23.0. The highest BCUT2D eigenvalue weighted by molar-refractivity contribution is 8.00. The van der Waals surface area contributed by atoms with Crippen LogP contribution in [0.1, 0.15) is 23.7 Å². The molecule has 0 aromatic heterocycles. The standard InChI is InChI=1S/C12H11Cl2FO3S/c1-3-9(12(17)18-2)19-10-4-6(11(14)16)8(15)5-7(10)13/h4-5,9H,3H2,1-2H3. The van der Waals surface area contributed by atoms with Crippen molar-refractivity contribution in [2.45, 2.75) is 23.5 Å². The Morgan fingerprint density at radius 2 is 2.11 bits per heavy atom. The van der Waals surface area contributed by atoms with Crippen LogP contribution in [0.5, 0.6) is 0 Å². The van der Waals surface area contributed by atoms with Crippen molar-refractivity contribution in [2.75, 3.05) is 7.11 Å². The van der Waals surface area contributed by atoms with Gasteiger partial charge in [0.1, 0.15) is 11.1 Å². The lowest BCUT2D eigenvalue weighted by atomic mass is 10.2. The molecule has 19 heavy (non-hydrogen) atoms. The first-order valence-corrected chi connectivity index (χ1v) is 6.97. The Kier molecular flexibility index (Phi) is 6.10. The first-order chi connectivity index (χ1) is 8.90. The third-order valence-corrected chi connectivity index (χ3v) is 4.37. The van der Waals surface area contributed by atoms with E-state index in [1.807, 2.05) is 0 Å². The van der Waals surface area contributed by atoms with E-state index in [1.165, 1.54) is 13.2 Å². The van der Waals surface area contributed by atoms with E-state index in [1.54, 1.807) is 6.92 Å². The van der Waals surface area contributed by atoms with Gasteiger partial charge in [0.05, 0.1) is 17.7 Å². The average Bonchev–Trinajstić information content (AvgIpc) is 2.36. The summed E-state index contributed by atoms with van der Waals surface area (Å²) in [6, 6.07) is 2.24. The predicted molar refractivity (Wildman–Crippen MR) is 73.5 cm³/mol. The van der Waals surface area contributed by atoms with Crippen LogP contribution in [0.15, 0.2) is 17.0 Å². The van der Waals surface area contributed by atoms with Crippen LogP contribution < -0.4 is 0 Å². The second-order valence-electron chi connectivity index (χ2n) is 3.57. The normalized spacial score (nSPS) is 12.1. The summed E-state index contributed by atoms with van der Waals surface area (Å²) in [6.45, 7) is 1.81. The summed E-state index contributed by atoms with van der Waals surface area (Å²) >= 11 is 12.3. The summed E-state index contributed by atoms with van der Waals surface area (Å²) in [5.41, 5.74) is -0.270. The third kappa shape index (κ3) is 4.09. The maximum Gasteiger partial charge on any atom is 0.319 e. The van der Waals surface area contributed by atoms with Crippen molar-refractivity contribution in [3.05, 3.63) is 28.5 Å². The van der Waals surface area contributed by atoms with Crippen molar-refractivity contribution in [1.29, 1.82) is 0 Å². The SMILES string of the molecule is CCC(Sc1cc(C(=O)Cl)c(F)cc1Cl)C(=O)OC. The van der Waals surface area contributed by atoms with Crippen molar-refractivity contribution in [3.8, 4) is 0 Å². The van der Waals surface area contributed by atoms with E-state index in [0.717, 1.165) is 17.8 Å². The molecular formula is C12H11Cl2FO3S. The molecule has 104 valence electrons. The molecule has 0 bridgehead atoms. The quantitative estimate of drug-likeness (QED) is 0.468. The summed E-state index contributed by atoms with van der Waals surface area (Å²) < 4.78 is 18.1. The lowest BCUT2D eigenvalue weighted by Crippen LogP contribution is -2.17. The zero-order valence-electron chi connectivity index (χ0n) is 10.2. The van der Waals surface area contributed by atoms with E-state index in [0.29, 0.717) is 11.3 Å². The number of thioether (sulfide) groups is 1. The number of hydrogen-bond acceptors (Lipinski definition) is 4. The fraction of sp³-hybridized carbons (Fsp3) is 0.333. The van der Waals surface area contributed by atoms with Crippen molar-refractivity contribution >= 4 is 46.2 Å². The van der Waals surface area contributed by atoms with Gasteiger partial charge >= 0.3 is 5.97 Å². The number of ether oxygens (including phenoxy) is 1. The van der Waals surface area contributed by atoms with E-state index < -0.39 is 22.3 Å². The molecule has 1 unspecified atom stereocenters. The minimum absolute atomic E-state index is 0.117. The molecule has 0 N–H and O–H groups in total. The molecule has 0 heterocycles. The Morgan fingerprint density at radius 3 is 2.58 bits per heavy atom. The first-order valence-electron chi connectivity index (χ1n) is 5.34. The van der Waals surface area contributed by atoms with Gasteiger partial charge in [0.2, 0.25) is 0 Å². The van der Waals surface area contributed by atoms with Gasteiger partial charge in [0.15, 0.2) is 0 Å². The number of methoxy groups -OCH3 is 1. The van der Waals surface area contributed by atoms with E-state index in [4.69, 9.17) is 23.2 Å². The van der Waals surface area contributed by atoms with Crippen LogP contribution in [0.3, 0.4) is 0 Å². The number of carbonyl (C=O) groups is 2. The largest absolute Gasteiger partial charge is 0.468 e. The summed E-state index contributed by atoms with van der Waals surface area (Å²) in [6.07, 6.45) is 0.509. The van der Waals surface area contributed by atoms with E-state index in [2.05, 4.69) is 4.74 Å². The molecule has 7 heteroatoms. The zero-order chi connectivity index (χ0) is 14.6. The molecule has 0 saturated heterocycles. The molecule has 0 aliphatic rings. The van der Waals surface area contributed by atoms with Gasteiger partial charge in [-0.05, 0) is 30.2 Å². The van der Waals surface area contributed by atoms with Crippen molar-refractivity contribution in [3.63, 3.8) is 0 Å². The average molecular weight is 325 g/mol. The minimum Gasteiger partial charge on any atom is -0.468 e. The summed E-state index contributed by atoms with van der Waals surface area (Å²) in [5, 5.41) is -1.28. The van der Waals surface area contributed by atoms with Gasteiger partial charge in [-0.3, -0.25) is 9.59 Å². The van der Waals surface area contributed by atoms with Crippen LogP contribution in [-0.4, -0.2) is 23.6 Å². The maximum atomic E-state index is 13.4. The number of hydrogen-bond donors (Lipinski definition) is 0. The molecule has 0 aliphatic carbocycles. The molecule has 0 aliphatic heterocycles. The second kappa shape index (κ2) is 7.12. The molecular weight excluding hydrogens is 314 g/mol. The molecule has 0 fully saturated rings. The lowest BCUT2D eigenvalue weighted by Gasteiger charge is -2.13. The van der Waals surface area contributed by atoms with Gasteiger partial charge in [-0.1, -0.05) is 18.5 Å². The number of halogens is 3. The fourth-order valence-corrected chi connectivity index (χ4v) is 2.80. The van der Waals surface area contributed by atoms with Gasteiger partial charge in [-0.25, -0.2) is 4.39 Å².